The molecule has 1 heterocycles. The van der Waals surface area contributed by atoms with Gasteiger partial charge in [-0.3, -0.25) is 9.59 Å². The van der Waals surface area contributed by atoms with Gasteiger partial charge in [0.25, 0.3) is 0 Å². The summed E-state index contributed by atoms with van der Waals surface area (Å²) >= 11 is 0. The Morgan fingerprint density at radius 3 is 2.56 bits per heavy atom. The minimum absolute atomic E-state index is 0.0588. The average molecular weight is 369 g/mol. The van der Waals surface area contributed by atoms with Crippen molar-refractivity contribution in [2.24, 2.45) is 5.92 Å². The van der Waals surface area contributed by atoms with Gasteiger partial charge in [0, 0.05) is 44.4 Å². The number of nitrogens with one attached hydrogen (secondary N) is 1. The van der Waals surface area contributed by atoms with Crippen molar-refractivity contribution in [3.05, 3.63) is 47.9 Å². The quantitative estimate of drug-likeness (QED) is 0.772. The summed E-state index contributed by atoms with van der Waals surface area (Å²) in [5, 5.41) is 2.99. The smallest absolute Gasteiger partial charge is 0.227 e. The second kappa shape index (κ2) is 8.29. The van der Waals surface area contributed by atoms with Gasteiger partial charge in [-0.2, -0.15) is 0 Å². The van der Waals surface area contributed by atoms with E-state index in [-0.39, 0.29) is 17.7 Å². The average Bonchev–Trinajstić information content (AvgIpc) is 3.38. The molecule has 2 amide bonds. The number of benzene rings is 1. The van der Waals surface area contributed by atoms with Gasteiger partial charge >= 0.3 is 0 Å². The lowest BCUT2D eigenvalue weighted by Gasteiger charge is -2.25. The number of carbonyl (C=O) groups excluding carboxylic acids is 2. The Hall–Kier alpha value is -2.76. The van der Waals surface area contributed by atoms with E-state index in [9.17, 15) is 9.59 Å². The van der Waals surface area contributed by atoms with Gasteiger partial charge in [0.2, 0.25) is 11.8 Å². The molecule has 0 spiro atoms. The summed E-state index contributed by atoms with van der Waals surface area (Å²) in [4.78, 5) is 28.4. The molecule has 144 valence electrons. The van der Waals surface area contributed by atoms with Crippen LogP contribution in [0.2, 0.25) is 0 Å². The standard InChI is InChI=1S/C21H27N3O3/c1-4-20(25)24(14-18-6-5-11-27-18)13-16-12-17(9-10-19(16)23(2)3)22-21(26)15-7-8-15/h5-6,9-12,15H,4,7-8,13-14H2,1-3H3,(H,22,26). The molecule has 0 radical (unpaired) electrons. The van der Waals surface area contributed by atoms with Crippen LogP contribution in [0.4, 0.5) is 11.4 Å². The molecule has 0 unspecified atom stereocenters. The van der Waals surface area contributed by atoms with Crippen molar-refractivity contribution in [2.45, 2.75) is 39.3 Å². The molecule has 6 nitrogen and oxygen atoms in total. The summed E-state index contributed by atoms with van der Waals surface area (Å²) in [6.07, 6.45) is 3.98. The van der Waals surface area contributed by atoms with Crippen LogP contribution in [0.5, 0.6) is 0 Å². The lowest BCUT2D eigenvalue weighted by atomic mass is 10.1. The van der Waals surface area contributed by atoms with Gasteiger partial charge in [0.05, 0.1) is 12.8 Å². The predicted octanol–water partition coefficient (Wildman–Crippen LogP) is 3.63. The van der Waals surface area contributed by atoms with Crippen molar-refractivity contribution in [1.82, 2.24) is 4.90 Å². The maximum absolute atomic E-state index is 12.5. The number of amides is 2. The first kappa shape index (κ1) is 19.0. The first-order chi connectivity index (χ1) is 13.0. The summed E-state index contributed by atoms with van der Waals surface area (Å²) < 4.78 is 5.42. The summed E-state index contributed by atoms with van der Waals surface area (Å²) in [6.45, 7) is 2.73. The van der Waals surface area contributed by atoms with Gasteiger partial charge in [-0.1, -0.05) is 6.92 Å². The lowest BCUT2D eigenvalue weighted by molar-refractivity contribution is -0.132. The summed E-state index contributed by atoms with van der Waals surface area (Å²) in [5.41, 5.74) is 2.78. The SMILES string of the molecule is CCC(=O)N(Cc1ccco1)Cc1cc(NC(=O)C2CC2)ccc1N(C)C. The first-order valence-corrected chi connectivity index (χ1v) is 9.39. The maximum Gasteiger partial charge on any atom is 0.227 e. The Labute approximate surface area is 160 Å². The first-order valence-electron chi connectivity index (χ1n) is 9.39. The lowest BCUT2D eigenvalue weighted by Crippen LogP contribution is -2.30. The number of furan rings is 1. The number of anilines is 2. The van der Waals surface area contributed by atoms with Gasteiger partial charge in [0.1, 0.15) is 5.76 Å². The Balaban J connectivity index is 1.83. The molecule has 0 bridgehead atoms. The van der Waals surface area contributed by atoms with Gasteiger partial charge in [-0.25, -0.2) is 0 Å². The fourth-order valence-corrected chi connectivity index (χ4v) is 3.07. The van der Waals surface area contributed by atoms with Gasteiger partial charge in [0.15, 0.2) is 0 Å². The predicted molar refractivity (Wildman–Crippen MR) is 105 cm³/mol. The summed E-state index contributed by atoms with van der Waals surface area (Å²) in [7, 11) is 3.94. The van der Waals surface area contributed by atoms with Crippen LogP contribution in [0, 0.1) is 5.92 Å². The molecular formula is C21H27N3O3. The Kier molecular flexibility index (Phi) is 5.84. The topological polar surface area (TPSA) is 65.8 Å². The normalized spacial score (nSPS) is 13.3. The number of rotatable bonds is 8. The third kappa shape index (κ3) is 4.90. The Bertz CT molecular complexity index is 795. The molecule has 0 saturated heterocycles. The second-order valence-electron chi connectivity index (χ2n) is 7.18. The molecule has 1 aromatic carbocycles. The Morgan fingerprint density at radius 2 is 1.96 bits per heavy atom. The number of hydrogen-bond donors (Lipinski definition) is 1. The third-order valence-corrected chi connectivity index (χ3v) is 4.72. The number of hydrogen-bond acceptors (Lipinski definition) is 4. The molecular weight excluding hydrogens is 342 g/mol. The van der Waals surface area contributed by atoms with E-state index in [2.05, 4.69) is 5.32 Å². The molecule has 6 heteroatoms. The van der Waals surface area contributed by atoms with E-state index in [0.717, 1.165) is 35.5 Å². The Morgan fingerprint density at radius 1 is 1.19 bits per heavy atom. The van der Waals surface area contributed by atoms with Crippen LogP contribution in [-0.4, -0.2) is 30.8 Å². The van der Waals surface area contributed by atoms with Gasteiger partial charge in [-0.05, 0) is 48.7 Å². The van der Waals surface area contributed by atoms with Crippen molar-refractivity contribution >= 4 is 23.2 Å². The number of carbonyl (C=O) groups is 2. The molecule has 1 aliphatic rings. The molecule has 0 aliphatic heterocycles. The van der Waals surface area contributed by atoms with Gasteiger partial charge < -0.3 is 19.5 Å². The third-order valence-electron chi connectivity index (χ3n) is 4.72. The second-order valence-corrected chi connectivity index (χ2v) is 7.18. The molecule has 1 N–H and O–H groups in total. The fourth-order valence-electron chi connectivity index (χ4n) is 3.07. The van der Waals surface area contributed by atoms with E-state index >= 15 is 0 Å². The molecule has 3 rings (SSSR count). The van der Waals surface area contributed by atoms with E-state index in [1.165, 1.54) is 0 Å². The van der Waals surface area contributed by atoms with Crippen molar-refractivity contribution in [3.63, 3.8) is 0 Å². The van der Waals surface area contributed by atoms with Crippen LogP contribution in [0.25, 0.3) is 0 Å². The summed E-state index contributed by atoms with van der Waals surface area (Å²) in [6, 6.07) is 9.56. The zero-order valence-electron chi connectivity index (χ0n) is 16.2. The van der Waals surface area contributed by atoms with E-state index < -0.39 is 0 Å². The van der Waals surface area contributed by atoms with Crippen molar-refractivity contribution in [3.8, 4) is 0 Å². The molecule has 0 atom stereocenters. The van der Waals surface area contributed by atoms with Crippen LogP contribution < -0.4 is 10.2 Å². The minimum atomic E-state index is 0.0588. The number of nitrogens with zero attached hydrogens (tertiary/aromatic N) is 2. The highest BCUT2D eigenvalue weighted by Crippen LogP contribution is 2.31. The maximum atomic E-state index is 12.5. The zero-order chi connectivity index (χ0) is 19.4. The van der Waals surface area contributed by atoms with Crippen LogP contribution in [0.1, 0.15) is 37.5 Å². The van der Waals surface area contributed by atoms with E-state index in [4.69, 9.17) is 4.42 Å². The van der Waals surface area contributed by atoms with Crippen LogP contribution in [0.3, 0.4) is 0 Å². The van der Waals surface area contributed by atoms with Crippen molar-refractivity contribution < 1.29 is 14.0 Å². The van der Waals surface area contributed by atoms with Crippen molar-refractivity contribution in [2.75, 3.05) is 24.3 Å². The zero-order valence-corrected chi connectivity index (χ0v) is 16.2. The van der Waals surface area contributed by atoms with Crippen LogP contribution in [0.15, 0.2) is 41.0 Å². The van der Waals surface area contributed by atoms with Gasteiger partial charge in [-0.15, -0.1) is 0 Å². The van der Waals surface area contributed by atoms with E-state index in [1.54, 1.807) is 11.2 Å². The fraction of sp³-hybridized carbons (Fsp3) is 0.429. The highest BCUT2D eigenvalue weighted by molar-refractivity contribution is 5.94. The highest BCUT2D eigenvalue weighted by atomic mass is 16.3. The van der Waals surface area contributed by atoms with Crippen LogP contribution >= 0.6 is 0 Å². The van der Waals surface area contributed by atoms with Crippen LogP contribution in [-0.2, 0) is 22.7 Å². The largest absolute Gasteiger partial charge is 0.467 e. The minimum Gasteiger partial charge on any atom is -0.467 e. The van der Waals surface area contributed by atoms with E-state index in [1.807, 2.05) is 56.3 Å². The highest BCUT2D eigenvalue weighted by Gasteiger charge is 2.29. The molecule has 1 aromatic heterocycles. The molecule has 1 fully saturated rings. The molecule has 27 heavy (non-hydrogen) atoms. The molecule has 1 saturated carbocycles. The van der Waals surface area contributed by atoms with Crippen molar-refractivity contribution in [1.29, 1.82) is 0 Å². The molecule has 2 aromatic rings. The summed E-state index contributed by atoms with van der Waals surface area (Å²) in [5.74, 6) is 1.04. The monoisotopic (exact) mass is 369 g/mol. The molecule has 1 aliphatic carbocycles. The van der Waals surface area contributed by atoms with E-state index in [0.29, 0.717) is 19.5 Å².